The number of rotatable bonds is 2. The van der Waals surface area contributed by atoms with Gasteiger partial charge in [0.2, 0.25) is 0 Å². The molecule has 0 unspecified atom stereocenters. The highest BCUT2D eigenvalue weighted by Crippen LogP contribution is 2.50. The standard InChI is InChI=1S/C35H26N2/c36-21-31-29-19-25-7-2-3-10-26(25)35(29)30(20-32(31)37-17-4-1-5-18-37)27-15-13-24-12-11-22-8-6-9-23-14-16-28(27)34(24)33(22)23/h2-3,6-16,20H,1,4-5,17-19H2. The van der Waals surface area contributed by atoms with Crippen LogP contribution in [0.1, 0.15) is 36.0 Å². The van der Waals surface area contributed by atoms with Gasteiger partial charge in [0, 0.05) is 19.5 Å². The highest BCUT2D eigenvalue weighted by Gasteiger charge is 2.29. The number of piperidine rings is 1. The molecule has 0 radical (unpaired) electrons. The Balaban J connectivity index is 1.49. The zero-order chi connectivity index (χ0) is 24.5. The smallest absolute Gasteiger partial charge is 0.102 e. The summed E-state index contributed by atoms with van der Waals surface area (Å²) in [6.45, 7) is 2.05. The fraction of sp³-hybridized carbons (Fsp3) is 0.171. The van der Waals surface area contributed by atoms with E-state index in [-0.39, 0.29) is 0 Å². The van der Waals surface area contributed by atoms with Gasteiger partial charge in [0.1, 0.15) is 6.07 Å². The SMILES string of the molecule is N#Cc1c(N2CCCCC2)cc(-c2ccc3ccc4cccc5ccc2c3c45)c2c1Cc1ccccc1-2. The molecule has 0 spiro atoms. The van der Waals surface area contributed by atoms with Crippen molar-refractivity contribution in [2.75, 3.05) is 18.0 Å². The molecule has 176 valence electrons. The average molecular weight is 475 g/mol. The molecular formula is C35H26N2. The molecule has 1 fully saturated rings. The molecule has 1 aliphatic carbocycles. The molecule has 2 nitrogen and oxygen atoms in total. The Hall–Kier alpha value is -4.35. The Morgan fingerprint density at radius 3 is 2.19 bits per heavy atom. The molecule has 1 aliphatic heterocycles. The second-order valence-electron chi connectivity index (χ2n) is 10.6. The van der Waals surface area contributed by atoms with E-state index in [0.29, 0.717) is 0 Å². The van der Waals surface area contributed by atoms with Crippen molar-refractivity contribution in [3.05, 3.63) is 102 Å². The van der Waals surface area contributed by atoms with Gasteiger partial charge in [-0.2, -0.15) is 5.26 Å². The summed E-state index contributed by atoms with van der Waals surface area (Å²) in [5, 5.41) is 18.3. The lowest BCUT2D eigenvalue weighted by Gasteiger charge is -2.31. The number of benzene rings is 6. The van der Waals surface area contributed by atoms with Crippen LogP contribution in [-0.2, 0) is 6.42 Å². The van der Waals surface area contributed by atoms with Crippen LogP contribution in [0, 0.1) is 11.3 Å². The Kier molecular flexibility index (Phi) is 4.40. The molecule has 0 saturated carbocycles. The third-order valence-electron chi connectivity index (χ3n) is 8.69. The molecular weight excluding hydrogens is 448 g/mol. The first-order valence-corrected chi connectivity index (χ1v) is 13.4. The van der Waals surface area contributed by atoms with Crippen LogP contribution in [0.25, 0.3) is 54.6 Å². The summed E-state index contributed by atoms with van der Waals surface area (Å²) in [4.78, 5) is 2.46. The van der Waals surface area contributed by atoms with Crippen molar-refractivity contribution in [1.82, 2.24) is 0 Å². The van der Waals surface area contributed by atoms with E-state index < -0.39 is 0 Å². The number of hydrogen-bond donors (Lipinski definition) is 0. The summed E-state index contributed by atoms with van der Waals surface area (Å²) in [6, 6.07) is 34.0. The van der Waals surface area contributed by atoms with E-state index in [9.17, 15) is 5.26 Å². The minimum Gasteiger partial charge on any atom is -0.370 e. The second-order valence-corrected chi connectivity index (χ2v) is 10.6. The normalized spacial score (nSPS) is 14.8. The Bertz CT molecular complexity index is 1880. The fourth-order valence-electron chi connectivity index (χ4n) is 7.01. The van der Waals surface area contributed by atoms with Gasteiger partial charge in [0.15, 0.2) is 0 Å². The highest BCUT2D eigenvalue weighted by atomic mass is 15.1. The molecule has 2 heteroatoms. The fourth-order valence-corrected chi connectivity index (χ4v) is 7.01. The van der Waals surface area contributed by atoms with Crippen LogP contribution >= 0.6 is 0 Å². The number of nitrogens with zero attached hydrogens (tertiary/aromatic N) is 2. The van der Waals surface area contributed by atoms with Gasteiger partial charge in [-0.05, 0) is 91.0 Å². The first-order valence-electron chi connectivity index (χ1n) is 13.4. The number of fused-ring (bicyclic) bond motifs is 3. The van der Waals surface area contributed by atoms with E-state index in [1.165, 1.54) is 85.0 Å². The van der Waals surface area contributed by atoms with Gasteiger partial charge < -0.3 is 4.90 Å². The van der Waals surface area contributed by atoms with Gasteiger partial charge in [-0.1, -0.05) is 78.9 Å². The van der Waals surface area contributed by atoms with E-state index in [2.05, 4.69) is 95.9 Å². The number of anilines is 1. The number of hydrogen-bond acceptors (Lipinski definition) is 2. The summed E-state index contributed by atoms with van der Waals surface area (Å²) in [5.74, 6) is 0. The van der Waals surface area contributed by atoms with E-state index in [1.54, 1.807) is 0 Å². The zero-order valence-electron chi connectivity index (χ0n) is 20.7. The van der Waals surface area contributed by atoms with Gasteiger partial charge in [-0.25, -0.2) is 0 Å². The van der Waals surface area contributed by atoms with Gasteiger partial charge in [-0.3, -0.25) is 0 Å². The summed E-state index contributed by atoms with van der Waals surface area (Å²) < 4.78 is 0. The Morgan fingerprint density at radius 2 is 1.38 bits per heavy atom. The molecule has 8 rings (SSSR count). The molecule has 6 aromatic rings. The molecule has 0 aromatic heterocycles. The number of nitriles is 1. The van der Waals surface area contributed by atoms with Crippen molar-refractivity contribution in [1.29, 1.82) is 5.26 Å². The predicted molar refractivity (Wildman–Crippen MR) is 155 cm³/mol. The molecule has 1 heterocycles. The lowest BCUT2D eigenvalue weighted by Crippen LogP contribution is -2.30. The first-order chi connectivity index (χ1) is 18.3. The minimum atomic E-state index is 0.828. The molecule has 0 amide bonds. The summed E-state index contributed by atoms with van der Waals surface area (Å²) in [7, 11) is 0. The van der Waals surface area contributed by atoms with Crippen LogP contribution in [0.4, 0.5) is 5.69 Å². The molecule has 0 bridgehead atoms. The maximum atomic E-state index is 10.4. The van der Waals surface area contributed by atoms with Crippen LogP contribution in [0.2, 0.25) is 0 Å². The average Bonchev–Trinajstić information content (AvgIpc) is 3.35. The van der Waals surface area contributed by atoms with E-state index in [0.717, 1.165) is 30.8 Å². The van der Waals surface area contributed by atoms with Crippen molar-refractivity contribution in [3.8, 4) is 28.3 Å². The lowest BCUT2D eigenvalue weighted by atomic mass is 9.85. The van der Waals surface area contributed by atoms with Gasteiger partial charge in [0.05, 0.1) is 11.3 Å². The van der Waals surface area contributed by atoms with Crippen molar-refractivity contribution in [3.63, 3.8) is 0 Å². The van der Waals surface area contributed by atoms with Crippen molar-refractivity contribution in [2.24, 2.45) is 0 Å². The summed E-state index contributed by atoms with van der Waals surface area (Å²) in [5.41, 5.74) is 9.57. The quantitative estimate of drug-likeness (QED) is 0.234. The van der Waals surface area contributed by atoms with Gasteiger partial charge in [-0.15, -0.1) is 0 Å². The molecule has 0 N–H and O–H groups in total. The van der Waals surface area contributed by atoms with E-state index >= 15 is 0 Å². The first kappa shape index (κ1) is 20.8. The van der Waals surface area contributed by atoms with Crippen molar-refractivity contribution in [2.45, 2.75) is 25.7 Å². The van der Waals surface area contributed by atoms with Crippen LogP contribution in [0.3, 0.4) is 0 Å². The van der Waals surface area contributed by atoms with Crippen LogP contribution in [0.5, 0.6) is 0 Å². The third kappa shape index (κ3) is 2.92. The molecule has 6 aromatic carbocycles. The maximum absolute atomic E-state index is 10.4. The monoisotopic (exact) mass is 474 g/mol. The van der Waals surface area contributed by atoms with Gasteiger partial charge in [0.25, 0.3) is 0 Å². The predicted octanol–water partition coefficient (Wildman–Crippen LogP) is 8.68. The second kappa shape index (κ2) is 7.82. The van der Waals surface area contributed by atoms with Gasteiger partial charge >= 0.3 is 0 Å². The molecule has 2 aliphatic rings. The maximum Gasteiger partial charge on any atom is 0.102 e. The summed E-state index contributed by atoms with van der Waals surface area (Å²) in [6.07, 6.45) is 4.48. The van der Waals surface area contributed by atoms with E-state index in [4.69, 9.17) is 0 Å². The molecule has 0 atom stereocenters. The van der Waals surface area contributed by atoms with Crippen LogP contribution in [0.15, 0.2) is 84.9 Å². The van der Waals surface area contributed by atoms with Crippen LogP contribution < -0.4 is 4.90 Å². The van der Waals surface area contributed by atoms with Crippen molar-refractivity contribution >= 4 is 38.0 Å². The Morgan fingerprint density at radius 1 is 0.649 bits per heavy atom. The zero-order valence-corrected chi connectivity index (χ0v) is 20.7. The molecule has 37 heavy (non-hydrogen) atoms. The van der Waals surface area contributed by atoms with E-state index in [1.807, 2.05) is 0 Å². The molecule has 1 saturated heterocycles. The highest BCUT2D eigenvalue weighted by molar-refractivity contribution is 6.26. The third-order valence-corrected chi connectivity index (χ3v) is 8.69. The largest absolute Gasteiger partial charge is 0.370 e. The minimum absolute atomic E-state index is 0.828. The van der Waals surface area contributed by atoms with Crippen molar-refractivity contribution < 1.29 is 0 Å². The van der Waals surface area contributed by atoms with Crippen LogP contribution in [-0.4, -0.2) is 13.1 Å². The topological polar surface area (TPSA) is 27.0 Å². The lowest BCUT2D eigenvalue weighted by molar-refractivity contribution is 0.577. The Labute approximate surface area is 216 Å². The summed E-state index contributed by atoms with van der Waals surface area (Å²) >= 11 is 0.